The van der Waals surface area contributed by atoms with Gasteiger partial charge in [0.15, 0.2) is 0 Å². The highest BCUT2D eigenvalue weighted by molar-refractivity contribution is 5.74. The van der Waals surface area contributed by atoms with Gasteiger partial charge in [-0.15, -0.1) is 0 Å². The van der Waals surface area contributed by atoms with Crippen molar-refractivity contribution in [3.63, 3.8) is 0 Å². The Morgan fingerprint density at radius 3 is 2.71 bits per heavy atom. The molecule has 2 unspecified atom stereocenters. The Labute approximate surface area is 166 Å². The normalized spacial score (nSPS) is 18.0. The molecule has 2 rings (SSSR count). The number of carboxylic acid groups (broad SMARTS) is 1. The number of para-hydroxylation sites is 1. The molecular formula is C20H31N3O5. The molecule has 1 aliphatic rings. The average molecular weight is 393 g/mol. The number of carbonyl (C=O) groups excluding carboxylic acids is 1. The number of likely N-dealkylation sites (N-methyl/N-ethyl adjacent to an activating group) is 1. The third-order valence-corrected chi connectivity index (χ3v) is 4.60. The molecule has 8 nitrogen and oxygen atoms in total. The Morgan fingerprint density at radius 1 is 1.39 bits per heavy atom. The number of carbonyl (C=O) groups is 2. The fourth-order valence-electron chi connectivity index (χ4n) is 3.24. The van der Waals surface area contributed by atoms with Crippen molar-refractivity contribution in [2.45, 2.75) is 32.9 Å². The van der Waals surface area contributed by atoms with Crippen LogP contribution < -0.4 is 10.1 Å². The molecule has 1 saturated heterocycles. The first kappa shape index (κ1) is 22.0. The van der Waals surface area contributed by atoms with E-state index in [0.29, 0.717) is 32.8 Å². The van der Waals surface area contributed by atoms with Crippen LogP contribution >= 0.6 is 0 Å². The number of ether oxygens (including phenoxy) is 2. The van der Waals surface area contributed by atoms with Gasteiger partial charge in [-0.25, -0.2) is 4.79 Å². The van der Waals surface area contributed by atoms with E-state index >= 15 is 0 Å². The molecule has 156 valence electrons. The van der Waals surface area contributed by atoms with Crippen LogP contribution in [0.1, 0.15) is 18.1 Å². The summed E-state index contributed by atoms with van der Waals surface area (Å²) >= 11 is 0. The molecule has 1 heterocycles. The highest BCUT2D eigenvalue weighted by Gasteiger charge is 2.26. The molecule has 1 aliphatic heterocycles. The van der Waals surface area contributed by atoms with Crippen LogP contribution in [0.4, 0.5) is 4.79 Å². The van der Waals surface area contributed by atoms with Gasteiger partial charge < -0.3 is 24.8 Å². The summed E-state index contributed by atoms with van der Waals surface area (Å²) in [7, 11) is 1.73. The molecule has 1 aromatic rings. The minimum absolute atomic E-state index is 0.0568. The van der Waals surface area contributed by atoms with Gasteiger partial charge in [-0.05, 0) is 38.9 Å². The average Bonchev–Trinajstić information content (AvgIpc) is 2.60. The molecule has 8 heteroatoms. The van der Waals surface area contributed by atoms with E-state index in [1.807, 2.05) is 39.0 Å². The van der Waals surface area contributed by atoms with Crippen molar-refractivity contribution in [3.8, 4) is 5.75 Å². The summed E-state index contributed by atoms with van der Waals surface area (Å²) in [5.74, 6) is -0.0258. The maximum absolute atomic E-state index is 12.6. The van der Waals surface area contributed by atoms with Crippen LogP contribution in [-0.2, 0) is 9.53 Å². The molecule has 1 aromatic carbocycles. The Balaban J connectivity index is 1.80. The summed E-state index contributed by atoms with van der Waals surface area (Å²) in [6.45, 7) is 8.07. The maximum atomic E-state index is 12.6. The monoisotopic (exact) mass is 393 g/mol. The lowest BCUT2D eigenvalue weighted by molar-refractivity contribution is -0.138. The third-order valence-electron chi connectivity index (χ3n) is 4.60. The standard InChI is InChI=1S/C20H31N3O5/c1-14-6-5-7-15(2)19(14)28-13-16(3)21-20(26)23-8-9-27-17(11-23)10-22(4)12-18(24)25/h5-7,16-17H,8-13H2,1-4H3,(H,21,26)(H,24,25). The van der Waals surface area contributed by atoms with Gasteiger partial charge in [0.05, 0.1) is 25.3 Å². The van der Waals surface area contributed by atoms with Crippen LogP contribution in [0.2, 0.25) is 0 Å². The second kappa shape index (κ2) is 10.3. The number of carboxylic acids is 1. The number of benzene rings is 1. The van der Waals surface area contributed by atoms with Gasteiger partial charge in [-0.3, -0.25) is 9.69 Å². The highest BCUT2D eigenvalue weighted by Crippen LogP contribution is 2.22. The van der Waals surface area contributed by atoms with Gasteiger partial charge in [0, 0.05) is 19.6 Å². The van der Waals surface area contributed by atoms with E-state index in [1.54, 1.807) is 16.8 Å². The van der Waals surface area contributed by atoms with E-state index in [4.69, 9.17) is 14.6 Å². The van der Waals surface area contributed by atoms with Gasteiger partial charge in [-0.1, -0.05) is 18.2 Å². The van der Waals surface area contributed by atoms with E-state index in [2.05, 4.69) is 5.32 Å². The predicted molar refractivity (Wildman–Crippen MR) is 106 cm³/mol. The minimum Gasteiger partial charge on any atom is -0.491 e. The first-order chi connectivity index (χ1) is 13.3. The van der Waals surface area contributed by atoms with Crippen molar-refractivity contribution in [2.75, 3.05) is 46.4 Å². The number of amides is 2. The van der Waals surface area contributed by atoms with Crippen LogP contribution in [0.15, 0.2) is 18.2 Å². The van der Waals surface area contributed by atoms with E-state index in [1.165, 1.54) is 0 Å². The lowest BCUT2D eigenvalue weighted by atomic mass is 10.1. The topological polar surface area (TPSA) is 91.3 Å². The van der Waals surface area contributed by atoms with Crippen molar-refractivity contribution in [3.05, 3.63) is 29.3 Å². The van der Waals surface area contributed by atoms with Gasteiger partial charge in [0.25, 0.3) is 0 Å². The quantitative estimate of drug-likeness (QED) is 0.696. The summed E-state index contributed by atoms with van der Waals surface area (Å²) in [6, 6.07) is 5.68. The lowest BCUT2D eigenvalue weighted by Crippen LogP contribution is -2.54. The van der Waals surface area contributed by atoms with Crippen LogP contribution in [-0.4, -0.2) is 85.5 Å². The molecule has 0 saturated carbocycles. The Hall–Kier alpha value is -2.32. The summed E-state index contributed by atoms with van der Waals surface area (Å²) in [5, 5.41) is 11.8. The maximum Gasteiger partial charge on any atom is 0.317 e. The fourth-order valence-corrected chi connectivity index (χ4v) is 3.24. The molecular weight excluding hydrogens is 362 g/mol. The van der Waals surface area contributed by atoms with Gasteiger partial charge in [0.1, 0.15) is 12.4 Å². The predicted octanol–water partition coefficient (Wildman–Crippen LogP) is 1.50. The summed E-state index contributed by atoms with van der Waals surface area (Å²) in [6.07, 6.45) is -0.204. The second-order valence-corrected chi connectivity index (χ2v) is 7.41. The molecule has 2 N–H and O–H groups in total. The van der Waals surface area contributed by atoms with E-state index in [0.717, 1.165) is 16.9 Å². The zero-order chi connectivity index (χ0) is 20.7. The highest BCUT2D eigenvalue weighted by atomic mass is 16.5. The molecule has 0 aromatic heterocycles. The molecule has 0 radical (unpaired) electrons. The summed E-state index contributed by atoms with van der Waals surface area (Å²) in [4.78, 5) is 26.7. The summed E-state index contributed by atoms with van der Waals surface area (Å²) < 4.78 is 11.6. The third kappa shape index (κ3) is 6.69. The fraction of sp³-hybridized carbons (Fsp3) is 0.600. The smallest absolute Gasteiger partial charge is 0.317 e. The van der Waals surface area contributed by atoms with Crippen LogP contribution in [0.5, 0.6) is 5.75 Å². The molecule has 0 spiro atoms. The number of nitrogens with zero attached hydrogens (tertiary/aromatic N) is 2. The number of aliphatic carboxylic acids is 1. The number of hydrogen-bond donors (Lipinski definition) is 2. The van der Waals surface area contributed by atoms with Crippen molar-refractivity contribution in [1.29, 1.82) is 0 Å². The number of hydrogen-bond acceptors (Lipinski definition) is 5. The van der Waals surface area contributed by atoms with E-state index in [-0.39, 0.29) is 24.7 Å². The van der Waals surface area contributed by atoms with Crippen LogP contribution in [0, 0.1) is 13.8 Å². The number of urea groups is 1. The first-order valence-electron chi connectivity index (χ1n) is 9.52. The minimum atomic E-state index is -0.884. The first-order valence-corrected chi connectivity index (χ1v) is 9.52. The zero-order valence-electron chi connectivity index (χ0n) is 17.1. The molecule has 0 aliphatic carbocycles. The van der Waals surface area contributed by atoms with Gasteiger partial charge in [-0.2, -0.15) is 0 Å². The van der Waals surface area contributed by atoms with Gasteiger partial charge in [0.2, 0.25) is 0 Å². The Bertz CT molecular complexity index is 662. The lowest BCUT2D eigenvalue weighted by Gasteiger charge is -2.35. The molecule has 1 fully saturated rings. The number of nitrogens with one attached hydrogen (secondary N) is 1. The van der Waals surface area contributed by atoms with Crippen molar-refractivity contribution in [1.82, 2.24) is 15.1 Å². The van der Waals surface area contributed by atoms with Crippen LogP contribution in [0.25, 0.3) is 0 Å². The molecule has 2 atom stereocenters. The van der Waals surface area contributed by atoms with E-state index in [9.17, 15) is 9.59 Å². The number of rotatable bonds is 8. The molecule has 28 heavy (non-hydrogen) atoms. The number of morpholine rings is 1. The van der Waals surface area contributed by atoms with Crippen molar-refractivity contribution >= 4 is 12.0 Å². The van der Waals surface area contributed by atoms with E-state index < -0.39 is 5.97 Å². The Kier molecular flexibility index (Phi) is 8.07. The molecule has 0 bridgehead atoms. The van der Waals surface area contributed by atoms with Gasteiger partial charge >= 0.3 is 12.0 Å². The summed E-state index contributed by atoms with van der Waals surface area (Å²) in [5.41, 5.74) is 2.14. The largest absolute Gasteiger partial charge is 0.491 e. The SMILES string of the molecule is Cc1cccc(C)c1OCC(C)NC(=O)N1CCOC(CN(C)CC(=O)O)C1. The van der Waals surface area contributed by atoms with Crippen molar-refractivity contribution in [2.24, 2.45) is 0 Å². The Morgan fingerprint density at radius 2 is 2.07 bits per heavy atom. The van der Waals surface area contributed by atoms with Crippen molar-refractivity contribution < 1.29 is 24.2 Å². The zero-order valence-corrected chi connectivity index (χ0v) is 17.1. The second-order valence-electron chi connectivity index (χ2n) is 7.41. The number of aryl methyl sites for hydroxylation is 2. The van der Waals surface area contributed by atoms with Crippen LogP contribution in [0.3, 0.4) is 0 Å². The molecule has 2 amide bonds.